The van der Waals surface area contributed by atoms with Gasteiger partial charge >= 0.3 is 0 Å². The number of oxime groups is 1. The molecule has 0 aromatic heterocycles. The highest BCUT2D eigenvalue weighted by atomic mass is 79.9. The highest BCUT2D eigenvalue weighted by Crippen LogP contribution is 2.25. The molecular formula is C11H16BrN3O. The number of rotatable bonds is 4. The van der Waals surface area contributed by atoms with E-state index in [0.717, 1.165) is 28.8 Å². The molecule has 1 rings (SSSR count). The second kappa shape index (κ2) is 5.75. The summed E-state index contributed by atoms with van der Waals surface area (Å²) in [6.07, 6.45) is 0. The van der Waals surface area contributed by atoms with Crippen LogP contribution < -0.4 is 10.6 Å². The summed E-state index contributed by atoms with van der Waals surface area (Å²) in [6.45, 7) is 5.89. The molecule has 88 valence electrons. The molecule has 0 heterocycles. The van der Waals surface area contributed by atoms with Gasteiger partial charge in [0.05, 0.1) is 0 Å². The highest BCUT2D eigenvalue weighted by Gasteiger charge is 2.12. The van der Waals surface area contributed by atoms with Crippen molar-refractivity contribution in [1.82, 2.24) is 0 Å². The zero-order valence-electron chi connectivity index (χ0n) is 9.44. The lowest BCUT2D eigenvalue weighted by Gasteiger charge is -2.23. The van der Waals surface area contributed by atoms with Gasteiger partial charge in [-0.05, 0) is 32.0 Å². The Labute approximate surface area is 104 Å². The number of halogens is 1. The van der Waals surface area contributed by atoms with Crippen molar-refractivity contribution in [3.05, 3.63) is 28.2 Å². The second-order valence-corrected chi connectivity index (χ2v) is 4.23. The molecule has 3 N–H and O–H groups in total. The van der Waals surface area contributed by atoms with E-state index < -0.39 is 0 Å². The van der Waals surface area contributed by atoms with Crippen molar-refractivity contribution in [3.8, 4) is 0 Å². The Morgan fingerprint density at radius 2 is 2.06 bits per heavy atom. The zero-order valence-corrected chi connectivity index (χ0v) is 11.0. The van der Waals surface area contributed by atoms with Gasteiger partial charge in [0.2, 0.25) is 0 Å². The van der Waals surface area contributed by atoms with Gasteiger partial charge in [0, 0.05) is 28.8 Å². The normalized spacial score (nSPS) is 11.6. The van der Waals surface area contributed by atoms with Crippen molar-refractivity contribution < 1.29 is 5.21 Å². The fourth-order valence-electron chi connectivity index (χ4n) is 1.60. The van der Waals surface area contributed by atoms with Gasteiger partial charge in [-0.15, -0.1) is 0 Å². The van der Waals surface area contributed by atoms with Crippen LogP contribution in [0.15, 0.2) is 27.8 Å². The number of hydrogen-bond acceptors (Lipinski definition) is 3. The van der Waals surface area contributed by atoms with Crippen LogP contribution in [0.4, 0.5) is 5.69 Å². The minimum atomic E-state index is 0.134. The van der Waals surface area contributed by atoms with E-state index in [1.165, 1.54) is 0 Å². The van der Waals surface area contributed by atoms with Crippen molar-refractivity contribution in [2.24, 2.45) is 10.9 Å². The smallest absolute Gasteiger partial charge is 0.172 e. The molecule has 0 fully saturated rings. The van der Waals surface area contributed by atoms with Crippen LogP contribution in [0, 0.1) is 0 Å². The van der Waals surface area contributed by atoms with Crippen molar-refractivity contribution in [3.63, 3.8) is 0 Å². The fraction of sp³-hybridized carbons (Fsp3) is 0.364. The number of nitrogens with two attached hydrogens (primary N) is 1. The third-order valence-electron chi connectivity index (χ3n) is 2.45. The maximum atomic E-state index is 8.74. The van der Waals surface area contributed by atoms with E-state index in [4.69, 9.17) is 10.9 Å². The van der Waals surface area contributed by atoms with Gasteiger partial charge in [0.15, 0.2) is 5.84 Å². The Morgan fingerprint density at radius 1 is 1.44 bits per heavy atom. The van der Waals surface area contributed by atoms with E-state index in [2.05, 4.69) is 39.8 Å². The molecule has 0 aliphatic carbocycles. The van der Waals surface area contributed by atoms with E-state index in [1.54, 1.807) is 0 Å². The Kier molecular flexibility index (Phi) is 4.61. The van der Waals surface area contributed by atoms with Crippen molar-refractivity contribution in [2.75, 3.05) is 18.0 Å². The molecule has 1 aromatic carbocycles. The lowest BCUT2D eigenvalue weighted by atomic mass is 10.1. The van der Waals surface area contributed by atoms with Crippen LogP contribution >= 0.6 is 15.9 Å². The number of amidine groups is 1. The molecule has 0 spiro atoms. The van der Waals surface area contributed by atoms with E-state index in [9.17, 15) is 0 Å². The lowest BCUT2D eigenvalue weighted by molar-refractivity contribution is 0.318. The second-order valence-electron chi connectivity index (χ2n) is 3.32. The third kappa shape index (κ3) is 2.66. The first-order valence-electron chi connectivity index (χ1n) is 5.16. The molecule has 0 bridgehead atoms. The summed E-state index contributed by atoms with van der Waals surface area (Å²) < 4.78 is 0.976. The third-order valence-corrected chi connectivity index (χ3v) is 2.94. The van der Waals surface area contributed by atoms with Crippen LogP contribution in [0.3, 0.4) is 0 Å². The number of anilines is 1. The zero-order chi connectivity index (χ0) is 12.1. The molecule has 0 saturated carbocycles. The quantitative estimate of drug-likeness (QED) is 0.386. The summed E-state index contributed by atoms with van der Waals surface area (Å²) in [5, 5.41) is 11.8. The van der Waals surface area contributed by atoms with Gasteiger partial charge < -0.3 is 15.8 Å². The van der Waals surface area contributed by atoms with Crippen LogP contribution in [0.1, 0.15) is 19.4 Å². The van der Waals surface area contributed by atoms with Crippen LogP contribution in [0.5, 0.6) is 0 Å². The molecule has 0 unspecified atom stereocenters. The Morgan fingerprint density at radius 3 is 2.56 bits per heavy atom. The standard InChI is InChI=1S/C11H16BrN3O/c1-3-15(4-2)10-7-8(12)5-6-9(10)11(13)14-16/h5-7,16H,3-4H2,1-2H3,(H2,13,14). The molecule has 16 heavy (non-hydrogen) atoms. The van der Waals surface area contributed by atoms with Gasteiger partial charge in [-0.25, -0.2) is 0 Å². The minimum Gasteiger partial charge on any atom is -0.409 e. The summed E-state index contributed by atoms with van der Waals surface area (Å²) in [4.78, 5) is 2.15. The maximum Gasteiger partial charge on any atom is 0.172 e. The SMILES string of the molecule is CCN(CC)c1cc(Br)ccc1/C(N)=N/O. The first-order valence-corrected chi connectivity index (χ1v) is 5.95. The summed E-state index contributed by atoms with van der Waals surface area (Å²) in [6, 6.07) is 5.69. The lowest BCUT2D eigenvalue weighted by Crippen LogP contribution is -2.26. The first kappa shape index (κ1) is 12.8. The van der Waals surface area contributed by atoms with Gasteiger partial charge in [-0.1, -0.05) is 21.1 Å². The van der Waals surface area contributed by atoms with E-state index in [1.807, 2.05) is 18.2 Å². The first-order chi connectivity index (χ1) is 7.63. The highest BCUT2D eigenvalue weighted by molar-refractivity contribution is 9.10. The molecule has 0 saturated heterocycles. The van der Waals surface area contributed by atoms with E-state index >= 15 is 0 Å². The maximum absolute atomic E-state index is 8.74. The van der Waals surface area contributed by atoms with Gasteiger partial charge in [0.1, 0.15) is 0 Å². The van der Waals surface area contributed by atoms with Crippen molar-refractivity contribution in [2.45, 2.75) is 13.8 Å². The molecule has 1 aromatic rings. The topological polar surface area (TPSA) is 61.8 Å². The van der Waals surface area contributed by atoms with Crippen molar-refractivity contribution >= 4 is 27.5 Å². The molecule has 0 aliphatic rings. The minimum absolute atomic E-state index is 0.134. The number of hydrogen-bond donors (Lipinski definition) is 2. The molecule has 5 heteroatoms. The predicted octanol–water partition coefficient (Wildman–Crippen LogP) is 2.39. The monoisotopic (exact) mass is 285 g/mol. The molecule has 0 atom stereocenters. The molecule has 0 aliphatic heterocycles. The van der Waals surface area contributed by atoms with Crippen LogP contribution in [-0.4, -0.2) is 24.1 Å². The summed E-state index contributed by atoms with van der Waals surface area (Å²) in [5.74, 6) is 0.134. The number of benzene rings is 1. The average molecular weight is 286 g/mol. The number of nitrogens with zero attached hydrogens (tertiary/aromatic N) is 2. The van der Waals surface area contributed by atoms with Gasteiger partial charge in [-0.3, -0.25) is 0 Å². The summed E-state index contributed by atoms with van der Waals surface area (Å²) in [5.41, 5.74) is 7.36. The van der Waals surface area contributed by atoms with Crippen molar-refractivity contribution in [1.29, 1.82) is 0 Å². The molecule has 4 nitrogen and oxygen atoms in total. The summed E-state index contributed by atoms with van der Waals surface area (Å²) >= 11 is 3.42. The van der Waals surface area contributed by atoms with Gasteiger partial charge in [-0.2, -0.15) is 0 Å². The molecular weight excluding hydrogens is 270 g/mol. The van der Waals surface area contributed by atoms with Crippen LogP contribution in [0.2, 0.25) is 0 Å². The molecule has 0 amide bonds. The van der Waals surface area contributed by atoms with Crippen LogP contribution in [0.25, 0.3) is 0 Å². The Hall–Kier alpha value is -1.23. The van der Waals surface area contributed by atoms with Gasteiger partial charge in [0.25, 0.3) is 0 Å². The Balaban J connectivity index is 3.27. The van der Waals surface area contributed by atoms with E-state index in [-0.39, 0.29) is 5.84 Å². The largest absolute Gasteiger partial charge is 0.409 e. The average Bonchev–Trinajstić information content (AvgIpc) is 2.30. The van der Waals surface area contributed by atoms with E-state index in [0.29, 0.717) is 0 Å². The predicted molar refractivity (Wildman–Crippen MR) is 70.2 cm³/mol. The Bertz CT molecular complexity index is 389. The fourth-order valence-corrected chi connectivity index (χ4v) is 1.95. The van der Waals surface area contributed by atoms with Crippen LogP contribution in [-0.2, 0) is 0 Å². The molecule has 0 radical (unpaired) electrons. The summed E-state index contributed by atoms with van der Waals surface area (Å²) in [7, 11) is 0.